The summed E-state index contributed by atoms with van der Waals surface area (Å²) in [6.45, 7) is 3.83. The number of rotatable bonds is 2. The van der Waals surface area contributed by atoms with Crippen molar-refractivity contribution in [2.45, 2.75) is 13.8 Å². The molecule has 0 bridgehead atoms. The molecule has 5 heteroatoms. The highest BCUT2D eigenvalue weighted by molar-refractivity contribution is 6.34. The SMILES string of the molecule is Cc1cc(C)c(NC(=O)c2c[nH]c3cc(F)ccc23)c(Cl)c1. The van der Waals surface area contributed by atoms with E-state index in [2.05, 4.69) is 10.3 Å². The molecule has 3 rings (SSSR count). The van der Waals surface area contributed by atoms with Gasteiger partial charge in [-0.2, -0.15) is 0 Å². The van der Waals surface area contributed by atoms with E-state index < -0.39 is 0 Å². The van der Waals surface area contributed by atoms with Crippen LogP contribution >= 0.6 is 11.6 Å². The van der Waals surface area contributed by atoms with Crippen LogP contribution in [0.15, 0.2) is 36.5 Å². The van der Waals surface area contributed by atoms with E-state index in [1.54, 1.807) is 18.3 Å². The van der Waals surface area contributed by atoms with Crippen LogP contribution in [0.2, 0.25) is 5.02 Å². The standard InChI is InChI=1S/C17H14ClFN2O/c1-9-5-10(2)16(14(18)6-9)21-17(22)13-8-20-15-7-11(19)3-4-12(13)15/h3-8,20H,1-2H3,(H,21,22). The monoisotopic (exact) mass is 316 g/mol. The van der Waals surface area contributed by atoms with Crippen LogP contribution in [0.25, 0.3) is 10.9 Å². The number of fused-ring (bicyclic) bond motifs is 1. The Hall–Kier alpha value is -2.33. The minimum atomic E-state index is -0.348. The van der Waals surface area contributed by atoms with Gasteiger partial charge in [0, 0.05) is 17.1 Å². The van der Waals surface area contributed by atoms with Crippen molar-refractivity contribution in [3.63, 3.8) is 0 Å². The number of aryl methyl sites for hydroxylation is 2. The molecule has 1 amide bonds. The van der Waals surface area contributed by atoms with E-state index in [0.717, 1.165) is 11.1 Å². The quantitative estimate of drug-likeness (QED) is 0.699. The molecule has 0 spiro atoms. The molecule has 2 N–H and O–H groups in total. The first-order valence-corrected chi connectivity index (χ1v) is 7.18. The Morgan fingerprint density at radius 2 is 2.00 bits per heavy atom. The zero-order chi connectivity index (χ0) is 15.9. The number of benzene rings is 2. The van der Waals surface area contributed by atoms with Gasteiger partial charge in [-0.15, -0.1) is 0 Å². The van der Waals surface area contributed by atoms with Crippen LogP contribution < -0.4 is 5.32 Å². The molecule has 0 saturated carbocycles. The summed E-state index contributed by atoms with van der Waals surface area (Å²) in [5, 5.41) is 3.99. The first-order valence-electron chi connectivity index (χ1n) is 6.80. The van der Waals surface area contributed by atoms with Crippen LogP contribution in [-0.4, -0.2) is 10.9 Å². The van der Waals surface area contributed by atoms with Gasteiger partial charge in [0.15, 0.2) is 0 Å². The summed E-state index contributed by atoms with van der Waals surface area (Å²) in [5.41, 5.74) is 3.55. The molecule has 0 aliphatic carbocycles. The molecule has 0 saturated heterocycles. The average molecular weight is 317 g/mol. The summed E-state index contributed by atoms with van der Waals surface area (Å²) in [4.78, 5) is 15.4. The van der Waals surface area contributed by atoms with E-state index in [1.807, 2.05) is 19.9 Å². The van der Waals surface area contributed by atoms with Gasteiger partial charge in [-0.05, 0) is 49.2 Å². The first-order chi connectivity index (χ1) is 10.5. The number of amides is 1. The predicted molar refractivity (Wildman–Crippen MR) is 87.1 cm³/mol. The summed E-state index contributed by atoms with van der Waals surface area (Å²) in [7, 11) is 0. The lowest BCUT2D eigenvalue weighted by Crippen LogP contribution is -2.12. The Kier molecular flexibility index (Phi) is 3.62. The molecule has 3 nitrogen and oxygen atoms in total. The largest absolute Gasteiger partial charge is 0.360 e. The third-order valence-electron chi connectivity index (χ3n) is 3.56. The number of H-pyrrole nitrogens is 1. The van der Waals surface area contributed by atoms with E-state index in [9.17, 15) is 9.18 Å². The van der Waals surface area contributed by atoms with Crippen molar-refractivity contribution in [3.05, 3.63) is 64.1 Å². The minimum absolute atomic E-state index is 0.285. The van der Waals surface area contributed by atoms with E-state index >= 15 is 0 Å². The lowest BCUT2D eigenvalue weighted by atomic mass is 10.1. The third kappa shape index (κ3) is 2.57. The Bertz CT molecular complexity index is 862. The van der Waals surface area contributed by atoms with Gasteiger partial charge in [0.1, 0.15) is 5.82 Å². The molecule has 22 heavy (non-hydrogen) atoms. The maximum absolute atomic E-state index is 13.2. The molecule has 0 aliphatic rings. The second-order valence-corrected chi connectivity index (χ2v) is 5.69. The number of anilines is 1. The smallest absolute Gasteiger partial charge is 0.257 e. The molecule has 2 aromatic carbocycles. The number of aromatic amines is 1. The third-order valence-corrected chi connectivity index (χ3v) is 3.86. The fraction of sp³-hybridized carbons (Fsp3) is 0.118. The molecule has 112 valence electrons. The molecule has 0 fully saturated rings. The van der Waals surface area contributed by atoms with Gasteiger partial charge in [-0.1, -0.05) is 17.7 Å². The van der Waals surface area contributed by atoms with Crippen LogP contribution in [0.1, 0.15) is 21.5 Å². The second-order valence-electron chi connectivity index (χ2n) is 5.29. The summed E-state index contributed by atoms with van der Waals surface area (Å²) in [6, 6.07) is 8.02. The highest BCUT2D eigenvalue weighted by atomic mass is 35.5. The highest BCUT2D eigenvalue weighted by Gasteiger charge is 2.15. The van der Waals surface area contributed by atoms with Crippen molar-refractivity contribution in [3.8, 4) is 0 Å². The van der Waals surface area contributed by atoms with Crippen molar-refractivity contribution in [2.24, 2.45) is 0 Å². The zero-order valence-electron chi connectivity index (χ0n) is 12.1. The Morgan fingerprint density at radius 1 is 1.23 bits per heavy atom. The molecule has 3 aromatic rings. The maximum atomic E-state index is 13.2. The van der Waals surface area contributed by atoms with Gasteiger partial charge >= 0.3 is 0 Å². The number of carbonyl (C=O) groups is 1. The fourth-order valence-electron chi connectivity index (χ4n) is 2.54. The van der Waals surface area contributed by atoms with E-state index in [4.69, 9.17) is 11.6 Å². The van der Waals surface area contributed by atoms with Gasteiger partial charge in [0.25, 0.3) is 5.91 Å². The Labute approximate surface area is 132 Å². The van der Waals surface area contributed by atoms with Crippen LogP contribution in [0.5, 0.6) is 0 Å². The van der Waals surface area contributed by atoms with Crippen molar-refractivity contribution in [2.75, 3.05) is 5.32 Å². The lowest BCUT2D eigenvalue weighted by molar-refractivity contribution is 0.102. The van der Waals surface area contributed by atoms with Crippen LogP contribution in [0.3, 0.4) is 0 Å². The molecule has 0 atom stereocenters. The number of carbonyl (C=O) groups excluding carboxylic acids is 1. The summed E-state index contributed by atoms with van der Waals surface area (Å²) < 4.78 is 13.2. The topological polar surface area (TPSA) is 44.9 Å². The van der Waals surface area contributed by atoms with Crippen molar-refractivity contribution in [1.82, 2.24) is 4.98 Å². The van der Waals surface area contributed by atoms with Gasteiger partial charge < -0.3 is 10.3 Å². The van der Waals surface area contributed by atoms with Crippen molar-refractivity contribution >= 4 is 34.1 Å². The fourth-order valence-corrected chi connectivity index (χ4v) is 2.91. The number of nitrogens with one attached hydrogen (secondary N) is 2. The van der Waals surface area contributed by atoms with Crippen molar-refractivity contribution in [1.29, 1.82) is 0 Å². The van der Waals surface area contributed by atoms with Gasteiger partial charge in [0.2, 0.25) is 0 Å². The molecule has 1 heterocycles. The van der Waals surface area contributed by atoms with Gasteiger partial charge in [-0.3, -0.25) is 4.79 Å². The van der Waals surface area contributed by atoms with Crippen LogP contribution in [0.4, 0.5) is 10.1 Å². The van der Waals surface area contributed by atoms with Crippen LogP contribution in [0, 0.1) is 19.7 Å². The van der Waals surface area contributed by atoms with Crippen LogP contribution in [-0.2, 0) is 0 Å². The molecular weight excluding hydrogens is 303 g/mol. The van der Waals surface area contributed by atoms with E-state index in [1.165, 1.54) is 12.1 Å². The number of hydrogen-bond acceptors (Lipinski definition) is 1. The van der Waals surface area contributed by atoms with E-state index in [-0.39, 0.29) is 11.7 Å². The summed E-state index contributed by atoms with van der Waals surface area (Å²) in [6.07, 6.45) is 1.57. The highest BCUT2D eigenvalue weighted by Crippen LogP contribution is 2.28. The minimum Gasteiger partial charge on any atom is -0.360 e. The van der Waals surface area contributed by atoms with Gasteiger partial charge in [-0.25, -0.2) is 4.39 Å². The Balaban J connectivity index is 1.97. The summed E-state index contributed by atoms with van der Waals surface area (Å²) >= 11 is 6.21. The zero-order valence-corrected chi connectivity index (χ0v) is 12.9. The number of hydrogen-bond donors (Lipinski definition) is 2. The molecule has 0 unspecified atom stereocenters. The predicted octanol–water partition coefficient (Wildman–Crippen LogP) is 4.83. The average Bonchev–Trinajstić information content (AvgIpc) is 2.85. The first kappa shape index (κ1) is 14.6. The second kappa shape index (κ2) is 5.46. The molecular formula is C17H14ClFN2O. The van der Waals surface area contributed by atoms with Crippen molar-refractivity contribution < 1.29 is 9.18 Å². The summed E-state index contributed by atoms with van der Waals surface area (Å²) in [5.74, 6) is -0.634. The lowest BCUT2D eigenvalue weighted by Gasteiger charge is -2.11. The number of aromatic nitrogens is 1. The molecule has 1 aromatic heterocycles. The Morgan fingerprint density at radius 3 is 2.73 bits per heavy atom. The molecule has 0 radical (unpaired) electrons. The number of halogens is 2. The normalized spacial score (nSPS) is 10.9. The molecule has 0 aliphatic heterocycles. The van der Waals surface area contributed by atoms with Gasteiger partial charge in [0.05, 0.1) is 16.3 Å². The maximum Gasteiger partial charge on any atom is 0.257 e. The van der Waals surface area contributed by atoms with E-state index in [0.29, 0.717) is 27.2 Å².